The van der Waals surface area contributed by atoms with Crippen LogP contribution in [0.2, 0.25) is 0 Å². The van der Waals surface area contributed by atoms with Crippen LogP contribution in [0.5, 0.6) is 5.75 Å². The summed E-state index contributed by atoms with van der Waals surface area (Å²) in [5.41, 5.74) is 7.50. The van der Waals surface area contributed by atoms with Crippen molar-refractivity contribution in [2.45, 2.75) is 44.8 Å². The van der Waals surface area contributed by atoms with Crippen LogP contribution in [0.15, 0.2) is 24.3 Å². The predicted molar refractivity (Wildman–Crippen MR) is 101 cm³/mol. The summed E-state index contributed by atoms with van der Waals surface area (Å²) in [7, 11) is 0. The maximum Gasteiger partial charge on any atom is 0.239 e. The molecule has 0 aliphatic carbocycles. The summed E-state index contributed by atoms with van der Waals surface area (Å²) in [6.07, 6.45) is 1.87. The first-order valence-corrected chi connectivity index (χ1v) is 8.98. The maximum absolute atomic E-state index is 12.8. The molecule has 4 atom stereocenters. The highest BCUT2D eigenvalue weighted by Crippen LogP contribution is 2.28. The van der Waals surface area contributed by atoms with Gasteiger partial charge in [-0.1, -0.05) is 25.1 Å². The molecule has 2 heterocycles. The Bertz CT molecular complexity index is 572. The fraction of sp³-hybridized carbons (Fsp3) is 0.611. The summed E-state index contributed by atoms with van der Waals surface area (Å²) in [4.78, 5) is 12.8. The Morgan fingerprint density at radius 2 is 2.12 bits per heavy atom. The lowest BCUT2D eigenvalue weighted by Gasteiger charge is -2.28. The number of para-hydroxylation sites is 1. The zero-order valence-corrected chi connectivity index (χ0v) is 15.7. The Labute approximate surface area is 155 Å². The van der Waals surface area contributed by atoms with Crippen LogP contribution < -0.4 is 26.2 Å². The number of carbonyl (C=O) groups is 1. The molecule has 2 saturated heterocycles. The molecule has 2 fully saturated rings. The normalized spacial score (nSPS) is 26.2. The van der Waals surface area contributed by atoms with E-state index in [9.17, 15) is 4.79 Å². The van der Waals surface area contributed by atoms with Crippen molar-refractivity contribution in [3.8, 4) is 5.75 Å². The van der Waals surface area contributed by atoms with Gasteiger partial charge in [0.05, 0.1) is 12.6 Å². The van der Waals surface area contributed by atoms with Gasteiger partial charge in [0.1, 0.15) is 11.8 Å². The zero-order valence-electron chi connectivity index (χ0n) is 14.9. The van der Waals surface area contributed by atoms with Gasteiger partial charge in [-0.25, -0.2) is 5.43 Å². The van der Waals surface area contributed by atoms with E-state index in [4.69, 9.17) is 4.74 Å². The Kier molecular flexibility index (Phi) is 7.50. The summed E-state index contributed by atoms with van der Waals surface area (Å²) < 4.78 is 5.72. The molecule has 1 amide bonds. The third-order valence-electron chi connectivity index (χ3n) is 4.98. The molecule has 1 aromatic rings. The number of hydrogen-bond acceptors (Lipinski definition) is 5. The smallest absolute Gasteiger partial charge is 0.239 e. The van der Waals surface area contributed by atoms with Crippen molar-refractivity contribution >= 4 is 18.3 Å². The topological polar surface area (TPSA) is 74.4 Å². The molecule has 1 aromatic carbocycles. The number of amides is 1. The molecule has 7 heteroatoms. The second-order valence-corrected chi connectivity index (χ2v) is 6.47. The summed E-state index contributed by atoms with van der Waals surface area (Å²) in [6, 6.07) is 8.08. The number of nitrogens with one attached hydrogen (secondary N) is 4. The molecule has 3 rings (SSSR count). The Hall–Kier alpha value is -1.34. The van der Waals surface area contributed by atoms with Gasteiger partial charge in [0.15, 0.2) is 0 Å². The summed E-state index contributed by atoms with van der Waals surface area (Å²) >= 11 is 0. The number of halogens is 1. The minimum Gasteiger partial charge on any atom is -0.494 e. The van der Waals surface area contributed by atoms with E-state index in [-0.39, 0.29) is 30.4 Å². The first kappa shape index (κ1) is 20.0. The first-order chi connectivity index (χ1) is 11.7. The van der Waals surface area contributed by atoms with Gasteiger partial charge in [0, 0.05) is 24.1 Å². The molecule has 0 spiro atoms. The number of fused-ring (bicyclic) bond motifs is 1. The largest absolute Gasteiger partial charge is 0.494 e. The van der Waals surface area contributed by atoms with E-state index in [0.717, 1.165) is 37.2 Å². The standard InChI is InChI=1S/C18H28N4O2.ClH/c1-3-14(12-7-5-6-8-16(12)24-4-2)20-18(23)17-13-11-19-10-9-15(13)21-22-17;/h5-8,13-15,17,19,21-22H,3-4,9-11H2,1-2H3,(H,20,23);1H. The molecule has 4 N–H and O–H groups in total. The van der Waals surface area contributed by atoms with Crippen molar-refractivity contribution in [1.29, 1.82) is 0 Å². The summed E-state index contributed by atoms with van der Waals surface area (Å²) in [5, 5.41) is 6.59. The van der Waals surface area contributed by atoms with Crippen LogP contribution in [0.25, 0.3) is 0 Å². The highest BCUT2D eigenvalue weighted by Gasteiger charge is 2.41. The first-order valence-electron chi connectivity index (χ1n) is 8.98. The minimum atomic E-state index is -0.198. The van der Waals surface area contributed by atoms with Crippen LogP contribution in [0.4, 0.5) is 0 Å². The van der Waals surface area contributed by atoms with Crippen molar-refractivity contribution in [2.24, 2.45) is 5.92 Å². The Morgan fingerprint density at radius 1 is 1.32 bits per heavy atom. The molecule has 6 nitrogen and oxygen atoms in total. The van der Waals surface area contributed by atoms with E-state index < -0.39 is 0 Å². The molecule has 2 aliphatic rings. The number of hydrazine groups is 1. The third kappa shape index (κ3) is 4.44. The van der Waals surface area contributed by atoms with Gasteiger partial charge in [-0.3, -0.25) is 10.2 Å². The van der Waals surface area contributed by atoms with Crippen LogP contribution >= 0.6 is 12.4 Å². The van der Waals surface area contributed by atoms with Crippen molar-refractivity contribution in [3.63, 3.8) is 0 Å². The van der Waals surface area contributed by atoms with Gasteiger partial charge < -0.3 is 15.4 Å². The highest BCUT2D eigenvalue weighted by atomic mass is 35.5. The van der Waals surface area contributed by atoms with Gasteiger partial charge in [-0.2, -0.15) is 0 Å². The lowest BCUT2D eigenvalue weighted by Crippen LogP contribution is -2.49. The van der Waals surface area contributed by atoms with E-state index in [2.05, 4.69) is 28.4 Å². The number of carbonyl (C=O) groups excluding carboxylic acids is 1. The minimum absolute atomic E-state index is 0. The van der Waals surface area contributed by atoms with E-state index in [1.165, 1.54) is 0 Å². The molecular formula is C18H29ClN4O2. The van der Waals surface area contributed by atoms with Crippen LogP contribution in [-0.2, 0) is 4.79 Å². The summed E-state index contributed by atoms with van der Waals surface area (Å²) in [5.74, 6) is 1.19. The van der Waals surface area contributed by atoms with Gasteiger partial charge in [-0.05, 0) is 32.4 Å². The van der Waals surface area contributed by atoms with E-state index >= 15 is 0 Å². The van der Waals surface area contributed by atoms with Crippen molar-refractivity contribution in [2.75, 3.05) is 19.7 Å². The van der Waals surface area contributed by atoms with Gasteiger partial charge in [0.25, 0.3) is 0 Å². The molecule has 25 heavy (non-hydrogen) atoms. The van der Waals surface area contributed by atoms with Gasteiger partial charge in [0.2, 0.25) is 5.91 Å². The van der Waals surface area contributed by atoms with E-state index in [1.807, 2.05) is 31.2 Å². The monoisotopic (exact) mass is 368 g/mol. The van der Waals surface area contributed by atoms with E-state index in [1.54, 1.807) is 0 Å². The van der Waals surface area contributed by atoms with Crippen LogP contribution in [-0.4, -0.2) is 37.7 Å². The van der Waals surface area contributed by atoms with Crippen molar-refractivity contribution in [3.05, 3.63) is 29.8 Å². The average Bonchev–Trinajstić information content (AvgIpc) is 3.05. The summed E-state index contributed by atoms with van der Waals surface area (Å²) in [6.45, 7) is 6.54. The SMILES string of the molecule is CCOc1ccccc1C(CC)NC(=O)C1NNC2CCNCC21.Cl. The molecule has 4 unspecified atom stereocenters. The van der Waals surface area contributed by atoms with E-state index in [0.29, 0.717) is 18.6 Å². The molecule has 0 bridgehead atoms. The molecular weight excluding hydrogens is 340 g/mol. The molecule has 140 valence electrons. The van der Waals surface area contributed by atoms with Gasteiger partial charge >= 0.3 is 0 Å². The maximum atomic E-state index is 12.8. The quantitative estimate of drug-likeness (QED) is 0.612. The fourth-order valence-electron chi connectivity index (χ4n) is 3.69. The second-order valence-electron chi connectivity index (χ2n) is 6.47. The van der Waals surface area contributed by atoms with Gasteiger partial charge in [-0.15, -0.1) is 12.4 Å². The lowest BCUT2D eigenvalue weighted by molar-refractivity contribution is -0.124. The zero-order chi connectivity index (χ0) is 16.9. The fourth-order valence-corrected chi connectivity index (χ4v) is 3.69. The highest BCUT2D eigenvalue weighted by molar-refractivity contribution is 5.85. The number of benzene rings is 1. The molecule has 0 aromatic heterocycles. The lowest BCUT2D eigenvalue weighted by atomic mass is 9.89. The second kappa shape index (κ2) is 9.38. The van der Waals surface area contributed by atoms with Crippen molar-refractivity contribution < 1.29 is 9.53 Å². The van der Waals surface area contributed by atoms with Crippen molar-refractivity contribution in [1.82, 2.24) is 21.5 Å². The van der Waals surface area contributed by atoms with Crippen LogP contribution in [0.1, 0.15) is 38.3 Å². The van der Waals surface area contributed by atoms with Crippen LogP contribution in [0, 0.1) is 5.92 Å². The Balaban J connectivity index is 0.00000225. The molecule has 0 saturated carbocycles. The molecule has 2 aliphatic heterocycles. The number of hydrogen-bond donors (Lipinski definition) is 4. The third-order valence-corrected chi connectivity index (χ3v) is 4.98. The number of piperidine rings is 1. The van der Waals surface area contributed by atoms with Crippen LogP contribution in [0.3, 0.4) is 0 Å². The molecule has 0 radical (unpaired) electrons. The average molecular weight is 369 g/mol. The number of ether oxygens (including phenoxy) is 1. The predicted octanol–water partition coefficient (Wildman–Crippen LogP) is 1.53. The Morgan fingerprint density at radius 3 is 2.88 bits per heavy atom. The number of rotatable bonds is 6.